The number of aliphatic carboxylic acids is 1. The number of fused-ring (bicyclic) bond motifs is 12. The van der Waals surface area contributed by atoms with Gasteiger partial charge in [-0.1, -0.05) is 36.7 Å². The molecule has 4 aliphatic rings. The maximum Gasteiger partial charge on any atom is 0.326 e. The number of anilines is 1. The number of piperidine rings is 1. The molecule has 4 aliphatic heterocycles. The van der Waals surface area contributed by atoms with Crippen LogP contribution in [0.5, 0.6) is 6.01 Å². The third kappa shape index (κ3) is 5.26. The number of carboxylic acid groups (broad SMARTS) is 1. The Labute approximate surface area is 279 Å². The lowest BCUT2D eigenvalue weighted by Gasteiger charge is -2.38. The molecule has 2 fully saturated rings. The Balaban J connectivity index is 1.25. The van der Waals surface area contributed by atoms with E-state index in [1.165, 1.54) is 0 Å². The predicted molar refractivity (Wildman–Crippen MR) is 177 cm³/mol. The minimum Gasteiger partial charge on any atom is -0.480 e. The van der Waals surface area contributed by atoms with Crippen LogP contribution in [0.15, 0.2) is 46.9 Å². The third-order valence-electron chi connectivity index (χ3n) is 9.72. The summed E-state index contributed by atoms with van der Waals surface area (Å²) in [4.78, 5) is 56.9. The fraction of sp³-hybridized carbons (Fsp3) is 0.412. The van der Waals surface area contributed by atoms with E-state index in [2.05, 4.69) is 12.2 Å². The normalized spacial score (nSPS) is 23.8. The Morgan fingerprint density at radius 2 is 1.94 bits per heavy atom. The molecule has 7 heterocycles. The number of imidazole rings is 1. The lowest BCUT2D eigenvalue weighted by Crippen LogP contribution is -2.43. The van der Waals surface area contributed by atoms with Crippen LogP contribution in [0.3, 0.4) is 0 Å². The lowest BCUT2D eigenvalue weighted by atomic mass is 9.93. The van der Waals surface area contributed by atoms with Crippen LogP contribution < -0.4 is 15.0 Å². The number of carbonyl (C=O) groups is 3. The summed E-state index contributed by atoms with van der Waals surface area (Å²) in [6.07, 6.45) is 0.912. The summed E-state index contributed by atoms with van der Waals surface area (Å²) in [6, 6.07) is 12.2. The number of rotatable bonds is 1. The number of hydrogen-bond donors (Lipinski definition) is 2. The molecule has 5 aromatic rings. The first kappa shape index (κ1) is 30.4. The van der Waals surface area contributed by atoms with Crippen LogP contribution in [0.2, 0.25) is 5.02 Å². The number of benzene rings is 2. The van der Waals surface area contributed by atoms with E-state index >= 15 is 0 Å². The maximum absolute atomic E-state index is 13.2. The first-order valence-corrected chi connectivity index (χ1v) is 16.7. The Hall–Kier alpha value is -4.91. The molecule has 48 heavy (non-hydrogen) atoms. The summed E-state index contributed by atoms with van der Waals surface area (Å²) in [5, 5.41) is 14.6. The topological polar surface area (TPSA) is 156 Å². The first-order valence-electron chi connectivity index (χ1n) is 16.3. The van der Waals surface area contributed by atoms with Crippen molar-refractivity contribution >= 4 is 68.3 Å². The van der Waals surface area contributed by atoms with E-state index in [0.717, 1.165) is 10.9 Å². The number of halogens is 1. The number of hydrogen-bond acceptors (Lipinski definition) is 9. The molecule has 0 saturated carbocycles. The minimum atomic E-state index is -1.04. The highest BCUT2D eigenvalue weighted by atomic mass is 35.5. The predicted octanol–water partition coefficient (Wildman–Crippen LogP) is 4.35. The SMILES string of the molecule is C[C@@H]1CN2CC[C@H]1n1c(nc3cccc(Cl)c31)O[C@H]1C[C@@H](C(=O)O)N(C1)c1nc(nc3c1oc1ccccc13)CC(=O)NCCCC2=O. The van der Waals surface area contributed by atoms with Crippen LogP contribution in [0.1, 0.15) is 44.5 Å². The molecule has 9 rings (SSSR count). The Bertz CT molecular complexity index is 2090. The van der Waals surface area contributed by atoms with Crippen molar-refractivity contribution in [1.82, 2.24) is 29.7 Å². The van der Waals surface area contributed by atoms with Gasteiger partial charge in [-0.25, -0.2) is 14.8 Å². The Morgan fingerprint density at radius 1 is 1.08 bits per heavy atom. The molecular formula is C34H34ClN7O6. The average molecular weight is 672 g/mol. The van der Waals surface area contributed by atoms with Gasteiger partial charge in [0.05, 0.1) is 29.0 Å². The number of carboxylic acids is 1. The molecule has 4 atom stereocenters. The molecular weight excluding hydrogens is 638 g/mol. The van der Waals surface area contributed by atoms with Gasteiger partial charge < -0.3 is 29.4 Å². The van der Waals surface area contributed by atoms with E-state index in [0.29, 0.717) is 72.1 Å². The number of aromatic nitrogens is 4. The Morgan fingerprint density at radius 3 is 2.77 bits per heavy atom. The molecule has 2 amide bonds. The zero-order chi connectivity index (χ0) is 33.1. The quantitative estimate of drug-likeness (QED) is 0.263. The van der Waals surface area contributed by atoms with Gasteiger partial charge >= 0.3 is 5.97 Å². The van der Waals surface area contributed by atoms with Crippen molar-refractivity contribution in [1.29, 1.82) is 0 Å². The van der Waals surface area contributed by atoms with E-state index in [-0.39, 0.29) is 54.8 Å². The molecule has 2 N–H and O–H groups in total. The van der Waals surface area contributed by atoms with Gasteiger partial charge in [0.1, 0.15) is 29.1 Å². The van der Waals surface area contributed by atoms with E-state index in [9.17, 15) is 19.5 Å². The standard InChI is InChI=1S/C34H34ClN7O6/c1-18-16-40-13-11-23(18)42-30-21(35)7-4-8-22(30)37-34(42)47-19-14-24(33(45)46)41(17-19)32-31-29(20-6-2-3-9-25(20)48-31)38-26(39-32)15-27(43)36-12-5-10-28(40)44/h2-4,6-9,18-19,23-24H,5,10-17H2,1H3,(H,36,43)(H,45,46)/t18-,19+,23-,24+/m1/s1. The van der Waals surface area contributed by atoms with Crippen LogP contribution in [-0.2, 0) is 20.8 Å². The highest BCUT2D eigenvalue weighted by Gasteiger charge is 2.42. The number of para-hydroxylation sites is 2. The van der Waals surface area contributed by atoms with Gasteiger partial charge in [-0.05, 0) is 43.0 Å². The molecule has 2 aromatic carbocycles. The third-order valence-corrected chi connectivity index (χ3v) is 10.0. The number of furan rings is 1. The molecule has 13 nitrogen and oxygen atoms in total. The second-order valence-corrected chi connectivity index (χ2v) is 13.3. The number of amides is 2. The summed E-state index contributed by atoms with van der Waals surface area (Å²) in [5.74, 6) is -0.714. The first-order chi connectivity index (χ1) is 23.2. The van der Waals surface area contributed by atoms with Gasteiger partial charge in [0.15, 0.2) is 11.4 Å². The van der Waals surface area contributed by atoms with Crippen molar-refractivity contribution in [3.63, 3.8) is 0 Å². The van der Waals surface area contributed by atoms with Crippen LogP contribution in [0.4, 0.5) is 5.82 Å². The van der Waals surface area contributed by atoms with E-state index in [4.69, 9.17) is 35.7 Å². The average Bonchev–Trinajstić information content (AvgIpc) is 3.76. The zero-order valence-electron chi connectivity index (χ0n) is 26.3. The fourth-order valence-corrected chi connectivity index (χ4v) is 7.71. The zero-order valence-corrected chi connectivity index (χ0v) is 27.0. The van der Waals surface area contributed by atoms with Gasteiger partial charge in [-0.3, -0.25) is 14.2 Å². The van der Waals surface area contributed by atoms with Crippen molar-refractivity contribution in [3.05, 3.63) is 53.3 Å². The molecule has 0 spiro atoms. The smallest absolute Gasteiger partial charge is 0.326 e. The van der Waals surface area contributed by atoms with Gasteiger partial charge in [-0.15, -0.1) is 0 Å². The number of nitrogens with zero attached hydrogens (tertiary/aromatic N) is 6. The lowest BCUT2D eigenvalue weighted by molar-refractivity contribution is -0.138. The molecule has 6 bridgehead atoms. The fourth-order valence-electron chi connectivity index (χ4n) is 7.45. The van der Waals surface area contributed by atoms with E-state index < -0.39 is 18.1 Å². The van der Waals surface area contributed by atoms with Gasteiger partial charge in [0, 0.05) is 43.9 Å². The molecule has 0 unspecified atom stereocenters. The van der Waals surface area contributed by atoms with E-state index in [1.54, 1.807) is 4.90 Å². The molecule has 2 saturated heterocycles. The summed E-state index contributed by atoms with van der Waals surface area (Å²) in [5.41, 5.74) is 2.83. The molecule has 248 valence electrons. The molecule has 14 heteroatoms. The van der Waals surface area contributed by atoms with Crippen LogP contribution in [0.25, 0.3) is 33.1 Å². The summed E-state index contributed by atoms with van der Waals surface area (Å²) in [6.45, 7) is 3.71. The molecule has 3 aromatic heterocycles. The highest BCUT2D eigenvalue weighted by Crippen LogP contribution is 2.40. The van der Waals surface area contributed by atoms with Crippen molar-refractivity contribution in [2.24, 2.45) is 5.92 Å². The summed E-state index contributed by atoms with van der Waals surface area (Å²) < 4.78 is 14.9. The maximum atomic E-state index is 13.2. The van der Waals surface area contributed by atoms with Crippen molar-refractivity contribution in [2.45, 2.75) is 57.2 Å². The monoisotopic (exact) mass is 671 g/mol. The van der Waals surface area contributed by atoms with E-state index in [1.807, 2.05) is 51.9 Å². The molecule has 0 aliphatic carbocycles. The van der Waals surface area contributed by atoms with Gasteiger partial charge in [-0.2, -0.15) is 4.98 Å². The van der Waals surface area contributed by atoms with Crippen molar-refractivity contribution < 1.29 is 28.6 Å². The largest absolute Gasteiger partial charge is 0.480 e. The minimum absolute atomic E-state index is 0.0463. The number of ether oxygens (including phenoxy) is 1. The molecule has 0 radical (unpaired) electrons. The second-order valence-electron chi connectivity index (χ2n) is 12.9. The highest BCUT2D eigenvalue weighted by molar-refractivity contribution is 6.35. The van der Waals surface area contributed by atoms with Gasteiger partial charge in [0.25, 0.3) is 6.01 Å². The van der Waals surface area contributed by atoms with Crippen LogP contribution in [-0.4, -0.2) is 85.6 Å². The number of nitrogens with one attached hydrogen (secondary N) is 1. The summed E-state index contributed by atoms with van der Waals surface area (Å²) >= 11 is 6.78. The van der Waals surface area contributed by atoms with Gasteiger partial charge in [0.2, 0.25) is 11.8 Å². The van der Waals surface area contributed by atoms with Crippen LogP contribution in [0, 0.1) is 5.92 Å². The Kier molecular flexibility index (Phi) is 7.58. The van der Waals surface area contributed by atoms with Crippen LogP contribution >= 0.6 is 11.6 Å². The van der Waals surface area contributed by atoms with Crippen molar-refractivity contribution in [3.8, 4) is 6.01 Å². The summed E-state index contributed by atoms with van der Waals surface area (Å²) in [7, 11) is 0. The van der Waals surface area contributed by atoms with Crippen molar-refractivity contribution in [2.75, 3.05) is 31.1 Å². The number of carbonyl (C=O) groups excluding carboxylic acids is 2. The second kappa shape index (κ2) is 12.0.